The zero-order valence-electron chi connectivity index (χ0n) is 17.9. The predicted molar refractivity (Wildman–Crippen MR) is 117 cm³/mol. The third-order valence-electron chi connectivity index (χ3n) is 5.65. The molecular formula is C23H28N4O3. The van der Waals surface area contributed by atoms with Crippen LogP contribution in [0.15, 0.2) is 29.1 Å². The van der Waals surface area contributed by atoms with Gasteiger partial charge in [-0.05, 0) is 56.5 Å². The maximum Gasteiger partial charge on any atom is 0.263 e. The number of anilines is 1. The number of nitrogens with zero attached hydrogens (tertiary/aromatic N) is 2. The molecule has 1 saturated heterocycles. The number of ether oxygens (including phenoxy) is 1. The van der Waals surface area contributed by atoms with E-state index >= 15 is 0 Å². The first-order valence-corrected chi connectivity index (χ1v) is 10.5. The molecule has 1 fully saturated rings. The van der Waals surface area contributed by atoms with Crippen LogP contribution in [-0.2, 0) is 11.3 Å². The number of carbonyl (C=O) groups excluding carboxylic acids is 1. The number of aryl methyl sites for hydroxylation is 2. The number of rotatable bonds is 5. The van der Waals surface area contributed by atoms with Gasteiger partial charge in [0.2, 0.25) is 0 Å². The molecule has 30 heavy (non-hydrogen) atoms. The maximum absolute atomic E-state index is 13.2. The Kier molecular flexibility index (Phi) is 5.47. The lowest BCUT2D eigenvalue weighted by atomic mass is 10.1. The smallest absolute Gasteiger partial charge is 0.263 e. The Hall–Kier alpha value is -2.93. The highest BCUT2D eigenvalue weighted by molar-refractivity contribution is 6.05. The van der Waals surface area contributed by atoms with E-state index in [-0.39, 0.29) is 23.1 Å². The van der Waals surface area contributed by atoms with E-state index in [4.69, 9.17) is 4.74 Å². The molecular weight excluding hydrogens is 380 g/mol. The predicted octanol–water partition coefficient (Wildman–Crippen LogP) is 3.90. The van der Waals surface area contributed by atoms with E-state index in [1.54, 1.807) is 17.6 Å². The number of aromatic nitrogens is 3. The summed E-state index contributed by atoms with van der Waals surface area (Å²) < 4.78 is 7.34. The van der Waals surface area contributed by atoms with Crippen molar-refractivity contribution in [1.29, 1.82) is 0 Å². The van der Waals surface area contributed by atoms with Crippen LogP contribution in [0.5, 0.6) is 0 Å². The van der Waals surface area contributed by atoms with E-state index in [0.717, 1.165) is 42.0 Å². The highest BCUT2D eigenvalue weighted by Gasteiger charge is 2.22. The second-order valence-electron chi connectivity index (χ2n) is 8.36. The number of imidazole rings is 1. The molecule has 3 heterocycles. The van der Waals surface area contributed by atoms with Crippen LogP contribution in [0.1, 0.15) is 60.0 Å². The Morgan fingerprint density at radius 1 is 1.33 bits per heavy atom. The average Bonchev–Trinajstić information content (AvgIpc) is 3.34. The molecule has 2 N–H and O–H groups in total. The monoisotopic (exact) mass is 408 g/mol. The normalized spacial score (nSPS) is 16.5. The molecule has 0 aliphatic carbocycles. The maximum atomic E-state index is 13.2. The van der Waals surface area contributed by atoms with Crippen LogP contribution >= 0.6 is 0 Å². The van der Waals surface area contributed by atoms with Gasteiger partial charge in [-0.25, -0.2) is 4.98 Å². The zero-order valence-corrected chi connectivity index (χ0v) is 17.9. The lowest BCUT2D eigenvalue weighted by Crippen LogP contribution is -2.34. The number of amides is 1. The average molecular weight is 409 g/mol. The van der Waals surface area contributed by atoms with Crippen molar-refractivity contribution < 1.29 is 9.53 Å². The summed E-state index contributed by atoms with van der Waals surface area (Å²) >= 11 is 0. The fraction of sp³-hybridized carbons (Fsp3) is 0.435. The Morgan fingerprint density at radius 3 is 2.83 bits per heavy atom. The zero-order chi connectivity index (χ0) is 21.4. The molecule has 1 unspecified atom stereocenters. The van der Waals surface area contributed by atoms with Crippen LogP contribution in [0.4, 0.5) is 5.69 Å². The minimum Gasteiger partial charge on any atom is -0.376 e. The topological polar surface area (TPSA) is 89.0 Å². The van der Waals surface area contributed by atoms with Gasteiger partial charge < -0.3 is 19.6 Å². The summed E-state index contributed by atoms with van der Waals surface area (Å²) in [4.78, 5) is 34.0. The molecule has 3 aromatic rings. The Morgan fingerprint density at radius 2 is 2.13 bits per heavy atom. The largest absolute Gasteiger partial charge is 0.376 e. The van der Waals surface area contributed by atoms with Gasteiger partial charge in [0, 0.05) is 23.9 Å². The van der Waals surface area contributed by atoms with E-state index in [0.29, 0.717) is 17.8 Å². The van der Waals surface area contributed by atoms with Crippen LogP contribution < -0.4 is 10.9 Å². The van der Waals surface area contributed by atoms with Crippen molar-refractivity contribution in [3.05, 3.63) is 57.3 Å². The minimum absolute atomic E-state index is 0.0259. The molecule has 1 amide bonds. The first-order valence-electron chi connectivity index (χ1n) is 10.5. The number of hydrogen-bond acceptors (Lipinski definition) is 4. The first-order chi connectivity index (χ1) is 14.3. The number of H-pyrrole nitrogens is 1. The van der Waals surface area contributed by atoms with Crippen LogP contribution in [0.25, 0.3) is 11.0 Å². The number of pyridine rings is 1. The summed E-state index contributed by atoms with van der Waals surface area (Å²) in [5, 5.41) is 2.88. The van der Waals surface area contributed by atoms with Gasteiger partial charge in [0.25, 0.3) is 11.5 Å². The lowest BCUT2D eigenvalue weighted by Gasteiger charge is -2.17. The van der Waals surface area contributed by atoms with Crippen molar-refractivity contribution in [3.63, 3.8) is 0 Å². The van der Waals surface area contributed by atoms with Crippen LogP contribution in [0, 0.1) is 13.8 Å². The number of aromatic amines is 1. The van der Waals surface area contributed by atoms with E-state index in [1.165, 1.54) is 0 Å². The van der Waals surface area contributed by atoms with Gasteiger partial charge in [0.05, 0.1) is 23.7 Å². The standard InChI is InChI=1S/C23H28N4O3/c1-13(2)21-25-18-8-7-16(11-19(18)26-21)24-22(28)20-14(3)10-15(4)27(23(20)29)12-17-6-5-9-30-17/h7-8,10-11,13,17H,5-6,9,12H2,1-4H3,(H,24,28)(H,25,26). The first kappa shape index (κ1) is 20.3. The third-order valence-corrected chi connectivity index (χ3v) is 5.65. The molecule has 7 nitrogen and oxygen atoms in total. The number of carbonyl (C=O) groups is 1. The summed E-state index contributed by atoms with van der Waals surface area (Å²) in [6, 6.07) is 7.41. The molecule has 1 aliphatic heterocycles. The van der Waals surface area contributed by atoms with Crippen molar-refractivity contribution in [3.8, 4) is 0 Å². The molecule has 7 heteroatoms. The van der Waals surface area contributed by atoms with Gasteiger partial charge in [0.1, 0.15) is 11.4 Å². The molecule has 0 saturated carbocycles. The Bertz CT molecular complexity index is 1150. The number of fused-ring (bicyclic) bond motifs is 1. The molecule has 4 rings (SSSR count). The van der Waals surface area contributed by atoms with Gasteiger partial charge in [-0.3, -0.25) is 9.59 Å². The number of hydrogen-bond donors (Lipinski definition) is 2. The number of nitrogens with one attached hydrogen (secondary N) is 2. The summed E-state index contributed by atoms with van der Waals surface area (Å²) in [5.74, 6) is 0.786. The van der Waals surface area contributed by atoms with Crippen molar-refractivity contribution in [2.75, 3.05) is 11.9 Å². The summed E-state index contributed by atoms with van der Waals surface area (Å²) in [6.07, 6.45) is 1.97. The molecule has 2 aromatic heterocycles. The fourth-order valence-electron chi connectivity index (χ4n) is 4.00. The summed E-state index contributed by atoms with van der Waals surface area (Å²) in [5.41, 5.74) is 3.73. The fourth-order valence-corrected chi connectivity index (χ4v) is 4.00. The van der Waals surface area contributed by atoms with Crippen molar-refractivity contribution in [2.24, 2.45) is 0 Å². The highest BCUT2D eigenvalue weighted by Crippen LogP contribution is 2.21. The second kappa shape index (κ2) is 8.07. The van der Waals surface area contributed by atoms with Crippen LogP contribution in [-0.4, -0.2) is 33.2 Å². The Balaban J connectivity index is 1.62. The van der Waals surface area contributed by atoms with Gasteiger partial charge >= 0.3 is 0 Å². The van der Waals surface area contributed by atoms with Crippen molar-refractivity contribution >= 4 is 22.6 Å². The van der Waals surface area contributed by atoms with Gasteiger partial charge in [-0.2, -0.15) is 0 Å². The third kappa shape index (κ3) is 3.89. The lowest BCUT2D eigenvalue weighted by molar-refractivity contribution is 0.0947. The molecule has 1 aliphatic rings. The SMILES string of the molecule is Cc1cc(C)n(CC2CCCO2)c(=O)c1C(=O)Nc1ccc2nc(C(C)C)[nH]c2c1. The second-order valence-corrected chi connectivity index (χ2v) is 8.36. The molecule has 0 spiro atoms. The summed E-state index contributed by atoms with van der Waals surface area (Å²) in [6.45, 7) is 9.04. The van der Waals surface area contributed by atoms with Gasteiger partial charge in [-0.15, -0.1) is 0 Å². The van der Waals surface area contributed by atoms with E-state index in [9.17, 15) is 9.59 Å². The molecule has 158 valence electrons. The van der Waals surface area contributed by atoms with Crippen LogP contribution in [0.3, 0.4) is 0 Å². The van der Waals surface area contributed by atoms with Gasteiger partial charge in [-0.1, -0.05) is 13.8 Å². The molecule has 0 bridgehead atoms. The number of benzene rings is 1. The van der Waals surface area contributed by atoms with E-state index in [2.05, 4.69) is 29.1 Å². The summed E-state index contributed by atoms with van der Waals surface area (Å²) in [7, 11) is 0. The Labute approximate surface area is 175 Å². The molecule has 1 atom stereocenters. The van der Waals surface area contributed by atoms with E-state index < -0.39 is 5.91 Å². The minimum atomic E-state index is -0.401. The van der Waals surface area contributed by atoms with Gasteiger partial charge in [0.15, 0.2) is 0 Å². The van der Waals surface area contributed by atoms with Crippen molar-refractivity contribution in [1.82, 2.24) is 14.5 Å². The molecule has 0 radical (unpaired) electrons. The quantitative estimate of drug-likeness (QED) is 0.670. The van der Waals surface area contributed by atoms with Crippen molar-refractivity contribution in [2.45, 2.75) is 59.1 Å². The molecule has 1 aromatic carbocycles. The van der Waals surface area contributed by atoms with E-state index in [1.807, 2.05) is 25.1 Å². The van der Waals surface area contributed by atoms with Crippen LogP contribution in [0.2, 0.25) is 0 Å². The highest BCUT2D eigenvalue weighted by atomic mass is 16.5.